The largest absolute Gasteiger partial charge is 0.384 e. The minimum atomic E-state index is 0.890. The maximum absolute atomic E-state index is 4.29. The molecule has 0 atom stereocenters. The average molecular weight is 340 g/mol. The monoisotopic (exact) mass is 339 g/mol. The third-order valence-corrected chi connectivity index (χ3v) is 4.34. The highest BCUT2D eigenvalue weighted by Gasteiger charge is 2.05. The van der Waals surface area contributed by atoms with Gasteiger partial charge in [0.1, 0.15) is 0 Å². The van der Waals surface area contributed by atoms with Crippen LogP contribution in [0.25, 0.3) is 0 Å². The summed E-state index contributed by atoms with van der Waals surface area (Å²) in [4.78, 5) is 6.50. The van der Waals surface area contributed by atoms with Crippen LogP contribution in [0.15, 0.2) is 33.7 Å². The van der Waals surface area contributed by atoms with Crippen molar-refractivity contribution in [2.75, 3.05) is 23.8 Å². The molecule has 0 amide bonds. The van der Waals surface area contributed by atoms with E-state index >= 15 is 0 Å². The number of thiophene rings is 1. The van der Waals surface area contributed by atoms with Crippen LogP contribution in [0.5, 0.6) is 0 Å². The van der Waals surface area contributed by atoms with E-state index in [-0.39, 0.29) is 0 Å². The summed E-state index contributed by atoms with van der Waals surface area (Å²) in [5.74, 6) is 0. The molecule has 0 aliphatic heterocycles. The Hall–Kier alpha value is -1.07. The topological polar surface area (TPSA) is 28.2 Å². The van der Waals surface area contributed by atoms with Gasteiger partial charge in [0.25, 0.3) is 0 Å². The molecular formula is C14H18BrN3S. The Labute approximate surface area is 126 Å². The lowest BCUT2D eigenvalue weighted by Crippen LogP contribution is -2.16. The molecule has 0 aromatic carbocycles. The Morgan fingerprint density at radius 3 is 2.89 bits per heavy atom. The van der Waals surface area contributed by atoms with Gasteiger partial charge in [-0.25, -0.2) is 0 Å². The summed E-state index contributed by atoms with van der Waals surface area (Å²) in [6.07, 6.45) is 4.88. The van der Waals surface area contributed by atoms with Crippen LogP contribution in [0, 0.1) is 0 Å². The minimum Gasteiger partial charge on any atom is -0.384 e. The number of rotatable bonds is 6. The number of aromatic nitrogens is 1. The van der Waals surface area contributed by atoms with Crippen LogP contribution < -0.4 is 10.2 Å². The molecule has 2 aromatic heterocycles. The molecule has 0 radical (unpaired) electrons. The first kappa shape index (κ1) is 14.3. The van der Waals surface area contributed by atoms with Crippen LogP contribution in [-0.4, -0.2) is 18.6 Å². The molecule has 0 aliphatic rings. The zero-order valence-electron chi connectivity index (χ0n) is 11.2. The highest BCUT2D eigenvalue weighted by molar-refractivity contribution is 9.11. The zero-order valence-corrected chi connectivity index (χ0v) is 13.6. The Bertz CT molecular complexity index is 527. The summed E-state index contributed by atoms with van der Waals surface area (Å²) < 4.78 is 1.17. The molecule has 0 fully saturated rings. The van der Waals surface area contributed by atoms with Crippen LogP contribution in [-0.2, 0) is 6.54 Å². The van der Waals surface area contributed by atoms with Gasteiger partial charge in [-0.1, -0.05) is 6.92 Å². The summed E-state index contributed by atoms with van der Waals surface area (Å²) in [7, 11) is 2.09. The molecule has 0 saturated carbocycles. The number of halogens is 1. The van der Waals surface area contributed by atoms with Gasteiger partial charge in [-0.05, 0) is 45.4 Å². The Morgan fingerprint density at radius 2 is 2.21 bits per heavy atom. The predicted molar refractivity (Wildman–Crippen MR) is 87.1 cm³/mol. The van der Waals surface area contributed by atoms with E-state index in [1.54, 1.807) is 11.3 Å². The summed E-state index contributed by atoms with van der Waals surface area (Å²) in [6.45, 7) is 4.03. The molecule has 2 heterocycles. The van der Waals surface area contributed by atoms with Crippen molar-refractivity contribution in [3.63, 3.8) is 0 Å². The van der Waals surface area contributed by atoms with Crippen LogP contribution in [0.4, 0.5) is 11.4 Å². The van der Waals surface area contributed by atoms with E-state index in [1.165, 1.54) is 9.35 Å². The molecule has 0 spiro atoms. The zero-order chi connectivity index (χ0) is 13.7. The third-order valence-electron chi connectivity index (χ3n) is 2.79. The van der Waals surface area contributed by atoms with E-state index in [0.717, 1.165) is 30.9 Å². The molecule has 2 rings (SSSR count). The van der Waals surface area contributed by atoms with Gasteiger partial charge in [0.05, 0.1) is 27.6 Å². The number of hydrogen-bond donors (Lipinski definition) is 1. The molecule has 3 nitrogen and oxygen atoms in total. The van der Waals surface area contributed by atoms with Crippen molar-refractivity contribution in [1.29, 1.82) is 0 Å². The Kier molecular flexibility index (Phi) is 5.22. The lowest BCUT2D eigenvalue weighted by atomic mass is 10.3. The standard InChI is InChI=1S/C14H18BrN3S/c1-3-4-17-12-6-13(8-16-7-12)18(2)9-11-5-14(15)19-10-11/h5-8,10,17H,3-4,9H2,1-2H3. The van der Waals surface area contributed by atoms with Crippen molar-refractivity contribution >= 4 is 38.6 Å². The summed E-state index contributed by atoms with van der Waals surface area (Å²) >= 11 is 5.21. The second kappa shape index (κ2) is 6.91. The van der Waals surface area contributed by atoms with Gasteiger partial charge >= 0.3 is 0 Å². The molecule has 0 bridgehead atoms. The van der Waals surface area contributed by atoms with Crippen LogP contribution >= 0.6 is 27.3 Å². The van der Waals surface area contributed by atoms with E-state index in [1.807, 2.05) is 12.4 Å². The highest BCUT2D eigenvalue weighted by atomic mass is 79.9. The van der Waals surface area contributed by atoms with E-state index in [9.17, 15) is 0 Å². The van der Waals surface area contributed by atoms with E-state index in [4.69, 9.17) is 0 Å². The smallest absolute Gasteiger partial charge is 0.0701 e. The van der Waals surface area contributed by atoms with Gasteiger partial charge in [0, 0.05) is 20.1 Å². The van der Waals surface area contributed by atoms with Crippen molar-refractivity contribution in [1.82, 2.24) is 4.98 Å². The van der Waals surface area contributed by atoms with Gasteiger partial charge in [-0.15, -0.1) is 11.3 Å². The van der Waals surface area contributed by atoms with E-state index in [0.29, 0.717) is 0 Å². The SMILES string of the molecule is CCCNc1cncc(N(C)Cc2csc(Br)c2)c1. The fourth-order valence-electron chi connectivity index (χ4n) is 1.80. The molecular weight excluding hydrogens is 322 g/mol. The summed E-state index contributed by atoms with van der Waals surface area (Å²) in [5.41, 5.74) is 3.52. The molecule has 19 heavy (non-hydrogen) atoms. The number of pyridine rings is 1. The van der Waals surface area contributed by atoms with Gasteiger partial charge < -0.3 is 10.2 Å². The van der Waals surface area contributed by atoms with Crippen LogP contribution in [0.1, 0.15) is 18.9 Å². The first-order valence-electron chi connectivity index (χ1n) is 6.32. The number of nitrogens with one attached hydrogen (secondary N) is 1. The molecule has 102 valence electrons. The molecule has 2 aromatic rings. The maximum atomic E-state index is 4.29. The maximum Gasteiger partial charge on any atom is 0.0701 e. The van der Waals surface area contributed by atoms with Crippen molar-refractivity contribution in [3.05, 3.63) is 39.3 Å². The Balaban J connectivity index is 2.03. The van der Waals surface area contributed by atoms with Gasteiger partial charge in [-0.2, -0.15) is 0 Å². The quantitative estimate of drug-likeness (QED) is 0.847. The molecule has 5 heteroatoms. The van der Waals surface area contributed by atoms with Crippen molar-refractivity contribution in [2.24, 2.45) is 0 Å². The number of nitrogens with zero attached hydrogens (tertiary/aromatic N) is 2. The van der Waals surface area contributed by atoms with E-state index < -0.39 is 0 Å². The average Bonchev–Trinajstić information content (AvgIpc) is 2.82. The van der Waals surface area contributed by atoms with Gasteiger partial charge in [-0.3, -0.25) is 4.98 Å². The second-order valence-electron chi connectivity index (χ2n) is 4.47. The lowest BCUT2D eigenvalue weighted by molar-refractivity contribution is 0.920. The molecule has 1 N–H and O–H groups in total. The molecule has 0 saturated heterocycles. The van der Waals surface area contributed by atoms with Gasteiger partial charge in [0.2, 0.25) is 0 Å². The van der Waals surface area contributed by atoms with Crippen molar-refractivity contribution < 1.29 is 0 Å². The number of anilines is 2. The molecule has 0 aliphatic carbocycles. The van der Waals surface area contributed by atoms with Crippen LogP contribution in [0.3, 0.4) is 0 Å². The van der Waals surface area contributed by atoms with Crippen molar-refractivity contribution in [3.8, 4) is 0 Å². The fraction of sp³-hybridized carbons (Fsp3) is 0.357. The summed E-state index contributed by atoms with van der Waals surface area (Å²) in [5, 5.41) is 5.54. The first-order valence-corrected chi connectivity index (χ1v) is 7.99. The number of hydrogen-bond acceptors (Lipinski definition) is 4. The van der Waals surface area contributed by atoms with E-state index in [2.05, 4.69) is 62.6 Å². The normalized spacial score (nSPS) is 10.5. The minimum absolute atomic E-state index is 0.890. The predicted octanol–water partition coefficient (Wildman–Crippen LogP) is 4.36. The first-order chi connectivity index (χ1) is 9.19. The van der Waals surface area contributed by atoms with Gasteiger partial charge in [0.15, 0.2) is 0 Å². The Morgan fingerprint density at radius 1 is 1.37 bits per heavy atom. The van der Waals surface area contributed by atoms with Crippen molar-refractivity contribution in [2.45, 2.75) is 19.9 Å². The third kappa shape index (κ3) is 4.21. The molecule has 0 unspecified atom stereocenters. The lowest BCUT2D eigenvalue weighted by Gasteiger charge is -2.19. The fourth-order valence-corrected chi connectivity index (χ4v) is 3.00. The highest BCUT2D eigenvalue weighted by Crippen LogP contribution is 2.24. The van der Waals surface area contributed by atoms with Crippen LogP contribution in [0.2, 0.25) is 0 Å². The summed E-state index contributed by atoms with van der Waals surface area (Å²) in [6, 6.07) is 4.30. The second-order valence-corrected chi connectivity index (χ2v) is 6.76.